The molecule has 1 saturated carbocycles. The number of hydrogen-bond acceptors (Lipinski definition) is 3. The molecular weight excluding hydrogens is 244 g/mol. The van der Waals surface area contributed by atoms with E-state index >= 15 is 0 Å². The second kappa shape index (κ2) is 5.90. The van der Waals surface area contributed by atoms with Gasteiger partial charge in [-0.25, -0.2) is 0 Å². The highest BCUT2D eigenvalue weighted by Gasteiger charge is 2.37. The van der Waals surface area contributed by atoms with Gasteiger partial charge in [-0.15, -0.1) is 0 Å². The van der Waals surface area contributed by atoms with Crippen molar-refractivity contribution < 1.29 is 14.7 Å². The van der Waals surface area contributed by atoms with E-state index in [9.17, 15) is 14.7 Å². The van der Waals surface area contributed by atoms with Crippen LogP contribution in [0, 0.1) is 5.92 Å². The third-order valence-corrected chi connectivity index (χ3v) is 4.49. The van der Waals surface area contributed by atoms with Crippen LogP contribution in [0.4, 0.5) is 0 Å². The van der Waals surface area contributed by atoms with Gasteiger partial charge in [-0.2, -0.15) is 0 Å². The lowest BCUT2D eigenvalue weighted by Crippen LogP contribution is -2.53. The third kappa shape index (κ3) is 3.26. The Morgan fingerprint density at radius 2 is 2.00 bits per heavy atom. The smallest absolute Gasteiger partial charge is 0.225 e. The van der Waals surface area contributed by atoms with Crippen molar-refractivity contribution in [2.45, 2.75) is 51.0 Å². The molecule has 2 aliphatic rings. The molecule has 0 spiro atoms. The van der Waals surface area contributed by atoms with Gasteiger partial charge in [0.05, 0.1) is 18.1 Å². The van der Waals surface area contributed by atoms with Gasteiger partial charge in [0.1, 0.15) is 0 Å². The first-order valence-corrected chi connectivity index (χ1v) is 7.25. The molecule has 2 rings (SSSR count). The molecule has 1 aliphatic heterocycles. The van der Waals surface area contributed by atoms with E-state index in [4.69, 9.17) is 0 Å². The van der Waals surface area contributed by atoms with Crippen LogP contribution in [0.3, 0.4) is 0 Å². The van der Waals surface area contributed by atoms with E-state index < -0.39 is 5.54 Å². The maximum Gasteiger partial charge on any atom is 0.225 e. The van der Waals surface area contributed by atoms with Crippen molar-refractivity contribution in [3.8, 4) is 0 Å². The number of aliphatic hydroxyl groups excluding tert-OH is 1. The maximum atomic E-state index is 12.3. The summed E-state index contributed by atoms with van der Waals surface area (Å²) in [7, 11) is 0. The van der Waals surface area contributed by atoms with Crippen LogP contribution in [0.15, 0.2) is 0 Å². The Kier molecular flexibility index (Phi) is 4.45. The average Bonchev–Trinajstić information content (AvgIpc) is 2.88. The van der Waals surface area contributed by atoms with E-state index in [0.29, 0.717) is 6.54 Å². The summed E-state index contributed by atoms with van der Waals surface area (Å²) in [6, 6.07) is 0. The van der Waals surface area contributed by atoms with Gasteiger partial charge in [0.2, 0.25) is 11.8 Å². The fourth-order valence-electron chi connectivity index (χ4n) is 3.21. The minimum atomic E-state index is -0.407. The van der Waals surface area contributed by atoms with E-state index in [0.717, 1.165) is 45.1 Å². The molecule has 108 valence electrons. The van der Waals surface area contributed by atoms with Crippen LogP contribution in [-0.2, 0) is 9.59 Å². The molecule has 0 bridgehead atoms. The van der Waals surface area contributed by atoms with Crippen molar-refractivity contribution in [2.75, 3.05) is 19.7 Å². The number of carbonyl (C=O) groups is 2. The van der Waals surface area contributed by atoms with E-state index in [1.54, 1.807) is 11.8 Å². The molecule has 2 fully saturated rings. The van der Waals surface area contributed by atoms with Gasteiger partial charge in [-0.05, 0) is 25.7 Å². The first-order chi connectivity index (χ1) is 9.06. The van der Waals surface area contributed by atoms with Crippen LogP contribution >= 0.6 is 0 Å². The molecule has 2 amide bonds. The Bertz CT molecular complexity index is 351. The fraction of sp³-hybridized carbons (Fsp3) is 0.857. The Labute approximate surface area is 114 Å². The number of nitrogens with zero attached hydrogens (tertiary/aromatic N) is 1. The molecule has 19 heavy (non-hydrogen) atoms. The topological polar surface area (TPSA) is 69.6 Å². The number of piperidine rings is 1. The molecular formula is C14H24N2O3. The SMILES string of the molecule is CC(=O)N1CCCC(C(=O)NC2(CO)CCCC2)C1. The van der Waals surface area contributed by atoms with E-state index in [1.807, 2.05) is 0 Å². The second-order valence-corrected chi connectivity index (χ2v) is 5.94. The summed E-state index contributed by atoms with van der Waals surface area (Å²) in [6.45, 7) is 2.83. The highest BCUT2D eigenvalue weighted by Crippen LogP contribution is 2.30. The van der Waals surface area contributed by atoms with Crippen molar-refractivity contribution in [1.82, 2.24) is 10.2 Å². The summed E-state index contributed by atoms with van der Waals surface area (Å²) >= 11 is 0. The molecule has 1 heterocycles. The monoisotopic (exact) mass is 268 g/mol. The van der Waals surface area contributed by atoms with Crippen LogP contribution in [-0.4, -0.2) is 47.1 Å². The van der Waals surface area contributed by atoms with Crippen LogP contribution < -0.4 is 5.32 Å². The zero-order valence-electron chi connectivity index (χ0n) is 11.7. The Morgan fingerprint density at radius 1 is 1.32 bits per heavy atom. The van der Waals surface area contributed by atoms with Gasteiger partial charge >= 0.3 is 0 Å². The predicted molar refractivity (Wildman–Crippen MR) is 71.4 cm³/mol. The minimum absolute atomic E-state index is 0.00176. The van der Waals surface area contributed by atoms with Crippen LogP contribution in [0.5, 0.6) is 0 Å². The average molecular weight is 268 g/mol. The van der Waals surface area contributed by atoms with E-state index in [-0.39, 0.29) is 24.3 Å². The van der Waals surface area contributed by atoms with Gasteiger partial charge in [-0.1, -0.05) is 12.8 Å². The number of likely N-dealkylation sites (tertiary alicyclic amines) is 1. The Hall–Kier alpha value is -1.10. The zero-order valence-corrected chi connectivity index (χ0v) is 11.7. The number of aliphatic hydroxyl groups is 1. The first-order valence-electron chi connectivity index (χ1n) is 7.25. The molecule has 2 N–H and O–H groups in total. The maximum absolute atomic E-state index is 12.3. The first kappa shape index (κ1) is 14.3. The molecule has 1 aliphatic carbocycles. The highest BCUT2D eigenvalue weighted by molar-refractivity contribution is 5.81. The molecule has 0 aromatic rings. The molecule has 0 aromatic heterocycles. The number of amides is 2. The van der Waals surface area contributed by atoms with Crippen molar-refractivity contribution in [1.29, 1.82) is 0 Å². The van der Waals surface area contributed by atoms with Crippen LogP contribution in [0.25, 0.3) is 0 Å². The molecule has 1 unspecified atom stereocenters. The summed E-state index contributed by atoms with van der Waals surface area (Å²) < 4.78 is 0. The van der Waals surface area contributed by atoms with E-state index in [2.05, 4.69) is 5.32 Å². The molecule has 5 heteroatoms. The summed E-state index contributed by atoms with van der Waals surface area (Å²) in [4.78, 5) is 25.5. The zero-order chi connectivity index (χ0) is 13.9. The largest absolute Gasteiger partial charge is 0.394 e. The van der Waals surface area contributed by atoms with Gasteiger partial charge in [-0.3, -0.25) is 9.59 Å². The summed E-state index contributed by atoms with van der Waals surface area (Å²) in [6.07, 6.45) is 5.55. The molecule has 1 saturated heterocycles. The van der Waals surface area contributed by atoms with Gasteiger partial charge in [0.25, 0.3) is 0 Å². The van der Waals surface area contributed by atoms with Crippen LogP contribution in [0.1, 0.15) is 45.4 Å². The standard InChI is InChI=1S/C14H24N2O3/c1-11(18)16-8-4-5-12(9-16)13(19)15-14(10-17)6-2-3-7-14/h12,17H,2-10H2,1H3,(H,15,19). The highest BCUT2D eigenvalue weighted by atomic mass is 16.3. The Balaban J connectivity index is 1.93. The van der Waals surface area contributed by atoms with Crippen molar-refractivity contribution in [3.05, 3.63) is 0 Å². The quantitative estimate of drug-likeness (QED) is 0.790. The molecule has 1 atom stereocenters. The molecule has 0 radical (unpaired) electrons. The van der Waals surface area contributed by atoms with Crippen molar-refractivity contribution >= 4 is 11.8 Å². The normalized spacial score (nSPS) is 26.2. The number of nitrogens with one attached hydrogen (secondary N) is 1. The summed E-state index contributed by atoms with van der Waals surface area (Å²) in [5.74, 6) is -0.0844. The number of rotatable bonds is 3. The van der Waals surface area contributed by atoms with Gasteiger partial charge < -0.3 is 15.3 Å². The predicted octanol–water partition coefficient (Wildman–Crippen LogP) is 0.666. The van der Waals surface area contributed by atoms with Crippen molar-refractivity contribution in [2.24, 2.45) is 5.92 Å². The summed E-state index contributed by atoms with van der Waals surface area (Å²) in [5, 5.41) is 12.6. The fourth-order valence-corrected chi connectivity index (χ4v) is 3.21. The van der Waals surface area contributed by atoms with Gasteiger partial charge in [0.15, 0.2) is 0 Å². The minimum Gasteiger partial charge on any atom is -0.394 e. The molecule has 0 aromatic carbocycles. The third-order valence-electron chi connectivity index (χ3n) is 4.49. The number of hydrogen-bond donors (Lipinski definition) is 2. The summed E-state index contributed by atoms with van der Waals surface area (Å²) in [5.41, 5.74) is -0.407. The lowest BCUT2D eigenvalue weighted by Gasteiger charge is -2.35. The lowest BCUT2D eigenvalue weighted by molar-refractivity contribution is -0.135. The Morgan fingerprint density at radius 3 is 2.58 bits per heavy atom. The number of carbonyl (C=O) groups excluding carboxylic acids is 2. The van der Waals surface area contributed by atoms with E-state index in [1.165, 1.54) is 0 Å². The van der Waals surface area contributed by atoms with Gasteiger partial charge in [0, 0.05) is 20.0 Å². The lowest BCUT2D eigenvalue weighted by atomic mass is 9.93. The second-order valence-electron chi connectivity index (χ2n) is 5.94. The molecule has 5 nitrogen and oxygen atoms in total. The van der Waals surface area contributed by atoms with Crippen LogP contribution in [0.2, 0.25) is 0 Å². The van der Waals surface area contributed by atoms with Crippen molar-refractivity contribution in [3.63, 3.8) is 0 Å².